The number of carbonyl (C=O) groups excluding carboxylic acids is 1. The Hall–Kier alpha value is -2.21. The first-order valence-corrected chi connectivity index (χ1v) is 9.11. The summed E-state index contributed by atoms with van der Waals surface area (Å²) in [5, 5.41) is 2.79. The number of hydrogen-bond donors (Lipinski definition) is 1. The summed E-state index contributed by atoms with van der Waals surface area (Å²) in [6, 6.07) is 11.8. The van der Waals surface area contributed by atoms with Crippen molar-refractivity contribution in [3.8, 4) is 5.75 Å². The Kier molecular flexibility index (Phi) is 6.49. The topological polar surface area (TPSA) is 55.4 Å². The van der Waals surface area contributed by atoms with Crippen LogP contribution in [0.15, 0.2) is 47.4 Å². The highest BCUT2D eigenvalue weighted by Gasteiger charge is 2.07. The lowest BCUT2D eigenvalue weighted by atomic mass is 10.1. The van der Waals surface area contributed by atoms with E-state index in [1.54, 1.807) is 42.7 Å². The fourth-order valence-corrected chi connectivity index (χ4v) is 2.86. The molecule has 0 bridgehead atoms. The molecular formula is C18H20FNO3S. The van der Waals surface area contributed by atoms with Crippen LogP contribution in [0, 0.1) is 5.82 Å². The summed E-state index contributed by atoms with van der Waals surface area (Å²) in [6.45, 7) is 0. The fourth-order valence-electron chi connectivity index (χ4n) is 2.29. The van der Waals surface area contributed by atoms with Gasteiger partial charge < -0.3 is 10.1 Å². The average molecular weight is 349 g/mol. The van der Waals surface area contributed by atoms with E-state index in [-0.39, 0.29) is 11.7 Å². The zero-order chi connectivity index (χ0) is 17.5. The molecule has 1 atom stereocenters. The van der Waals surface area contributed by atoms with Gasteiger partial charge in [0.15, 0.2) is 11.6 Å². The molecule has 0 heterocycles. The Morgan fingerprint density at radius 1 is 1.25 bits per heavy atom. The molecule has 1 amide bonds. The van der Waals surface area contributed by atoms with Crippen LogP contribution < -0.4 is 10.1 Å². The highest BCUT2D eigenvalue weighted by molar-refractivity contribution is 7.84. The third-order valence-corrected chi connectivity index (χ3v) is 4.45. The van der Waals surface area contributed by atoms with E-state index in [4.69, 9.17) is 4.74 Å². The number of rotatable bonds is 7. The molecule has 128 valence electrons. The number of nitrogens with one attached hydrogen (secondary N) is 1. The van der Waals surface area contributed by atoms with Crippen molar-refractivity contribution >= 4 is 22.4 Å². The lowest BCUT2D eigenvalue weighted by molar-refractivity contribution is -0.116. The molecule has 0 radical (unpaired) electrons. The molecule has 2 rings (SSSR count). The molecule has 0 fully saturated rings. The number of carbonyl (C=O) groups is 1. The molecule has 0 aliphatic carbocycles. The van der Waals surface area contributed by atoms with Crippen LogP contribution >= 0.6 is 0 Å². The van der Waals surface area contributed by atoms with E-state index in [0.29, 0.717) is 29.8 Å². The quantitative estimate of drug-likeness (QED) is 0.832. The van der Waals surface area contributed by atoms with Gasteiger partial charge in [-0.15, -0.1) is 0 Å². The molecule has 1 N–H and O–H groups in total. The van der Waals surface area contributed by atoms with Crippen LogP contribution in [-0.4, -0.2) is 23.5 Å². The largest absolute Gasteiger partial charge is 0.494 e. The maximum absolute atomic E-state index is 13.6. The van der Waals surface area contributed by atoms with Crippen LogP contribution in [0.2, 0.25) is 0 Å². The predicted molar refractivity (Wildman–Crippen MR) is 93.3 cm³/mol. The second-order valence-corrected chi connectivity index (χ2v) is 6.73. The van der Waals surface area contributed by atoms with Crippen molar-refractivity contribution in [1.82, 2.24) is 0 Å². The minimum absolute atomic E-state index is 0.122. The zero-order valence-electron chi connectivity index (χ0n) is 13.7. The third kappa shape index (κ3) is 5.16. The minimum atomic E-state index is -1.09. The van der Waals surface area contributed by atoms with Crippen molar-refractivity contribution in [2.75, 3.05) is 18.7 Å². The molecule has 0 saturated heterocycles. The summed E-state index contributed by atoms with van der Waals surface area (Å²) in [5.74, 6) is -0.309. The number of aryl methyl sites for hydroxylation is 1. The van der Waals surface area contributed by atoms with Gasteiger partial charge in [-0.05, 0) is 48.7 Å². The highest BCUT2D eigenvalue weighted by Crippen LogP contribution is 2.19. The van der Waals surface area contributed by atoms with Crippen LogP contribution in [0.5, 0.6) is 5.75 Å². The third-order valence-electron chi connectivity index (χ3n) is 3.54. The molecule has 0 spiro atoms. The fraction of sp³-hybridized carbons (Fsp3) is 0.278. The summed E-state index contributed by atoms with van der Waals surface area (Å²) in [6.07, 6.45) is 3.13. The molecule has 2 aromatic rings. The van der Waals surface area contributed by atoms with Gasteiger partial charge >= 0.3 is 0 Å². The van der Waals surface area contributed by atoms with Gasteiger partial charge in [0.05, 0.1) is 7.11 Å². The highest BCUT2D eigenvalue weighted by atomic mass is 32.2. The molecule has 0 aliphatic rings. The van der Waals surface area contributed by atoms with Crippen LogP contribution in [0.3, 0.4) is 0 Å². The van der Waals surface area contributed by atoms with E-state index in [2.05, 4.69) is 5.32 Å². The molecule has 1 unspecified atom stereocenters. The van der Waals surface area contributed by atoms with E-state index in [0.717, 1.165) is 5.56 Å². The van der Waals surface area contributed by atoms with Gasteiger partial charge in [0.1, 0.15) is 0 Å². The number of halogens is 1. The van der Waals surface area contributed by atoms with Crippen molar-refractivity contribution in [2.24, 2.45) is 0 Å². The Labute approximate surface area is 143 Å². The molecule has 0 aromatic heterocycles. The van der Waals surface area contributed by atoms with Crippen LogP contribution in [0.4, 0.5) is 10.1 Å². The molecule has 6 heteroatoms. The molecular weight excluding hydrogens is 329 g/mol. The number of methoxy groups -OCH3 is 1. The first-order valence-electron chi connectivity index (χ1n) is 7.55. The second-order valence-electron chi connectivity index (χ2n) is 5.35. The van der Waals surface area contributed by atoms with Gasteiger partial charge in [0, 0.05) is 34.1 Å². The number of benzene rings is 2. The zero-order valence-corrected chi connectivity index (χ0v) is 14.5. The van der Waals surface area contributed by atoms with Gasteiger partial charge in [-0.1, -0.05) is 12.1 Å². The smallest absolute Gasteiger partial charge is 0.224 e. The van der Waals surface area contributed by atoms with Crippen molar-refractivity contribution < 1.29 is 18.1 Å². The minimum Gasteiger partial charge on any atom is -0.494 e. The summed E-state index contributed by atoms with van der Waals surface area (Å²) in [7, 11) is 0.336. The van der Waals surface area contributed by atoms with Crippen molar-refractivity contribution in [1.29, 1.82) is 0 Å². The standard InChI is InChI=1S/C18H20FNO3S/c1-23-17-10-9-13(11-16(17)19)5-3-8-18(21)20-14-6-4-7-15(12-14)24(2)22/h4,6-7,9-12H,3,5,8H2,1-2H3,(H,20,21). The summed E-state index contributed by atoms with van der Waals surface area (Å²) in [4.78, 5) is 12.6. The second kappa shape index (κ2) is 8.59. The predicted octanol–water partition coefficient (Wildman–Crippen LogP) is 3.53. The van der Waals surface area contributed by atoms with Crippen LogP contribution in [0.25, 0.3) is 0 Å². The first-order chi connectivity index (χ1) is 11.5. The van der Waals surface area contributed by atoms with Gasteiger partial charge in [0.2, 0.25) is 5.91 Å². The van der Waals surface area contributed by atoms with Crippen LogP contribution in [-0.2, 0) is 22.0 Å². The molecule has 0 aliphatic heterocycles. The number of amides is 1. The lowest BCUT2D eigenvalue weighted by Gasteiger charge is -2.07. The van der Waals surface area contributed by atoms with Gasteiger partial charge in [-0.25, -0.2) is 4.39 Å². The number of ether oxygens (including phenoxy) is 1. The molecule has 2 aromatic carbocycles. The number of anilines is 1. The summed E-state index contributed by atoms with van der Waals surface area (Å²) in [5.41, 5.74) is 1.45. The SMILES string of the molecule is COc1ccc(CCCC(=O)Nc2cccc(S(C)=O)c2)cc1F. The average Bonchev–Trinajstić information content (AvgIpc) is 2.55. The van der Waals surface area contributed by atoms with E-state index < -0.39 is 16.6 Å². The summed E-state index contributed by atoms with van der Waals surface area (Å²) < 4.78 is 29.9. The van der Waals surface area contributed by atoms with Crippen LogP contribution in [0.1, 0.15) is 18.4 Å². The maximum Gasteiger partial charge on any atom is 0.224 e. The molecule has 0 saturated carbocycles. The first kappa shape index (κ1) is 18.1. The van der Waals surface area contributed by atoms with E-state index >= 15 is 0 Å². The van der Waals surface area contributed by atoms with E-state index in [1.807, 2.05) is 0 Å². The summed E-state index contributed by atoms with van der Waals surface area (Å²) >= 11 is 0. The monoisotopic (exact) mass is 349 g/mol. The maximum atomic E-state index is 13.6. The van der Waals surface area contributed by atoms with Crippen molar-refractivity contribution in [2.45, 2.75) is 24.2 Å². The lowest BCUT2D eigenvalue weighted by Crippen LogP contribution is -2.11. The van der Waals surface area contributed by atoms with Gasteiger partial charge in [0.25, 0.3) is 0 Å². The van der Waals surface area contributed by atoms with Crippen molar-refractivity contribution in [3.63, 3.8) is 0 Å². The van der Waals surface area contributed by atoms with Crippen molar-refractivity contribution in [3.05, 3.63) is 53.8 Å². The normalized spacial score (nSPS) is 11.8. The van der Waals surface area contributed by atoms with E-state index in [9.17, 15) is 13.4 Å². The Bertz CT molecular complexity index is 749. The molecule has 24 heavy (non-hydrogen) atoms. The van der Waals surface area contributed by atoms with Gasteiger partial charge in [-0.3, -0.25) is 9.00 Å². The Morgan fingerprint density at radius 2 is 2.04 bits per heavy atom. The van der Waals surface area contributed by atoms with E-state index in [1.165, 1.54) is 13.2 Å². The Balaban J connectivity index is 1.84. The van der Waals surface area contributed by atoms with Gasteiger partial charge in [-0.2, -0.15) is 0 Å². The Morgan fingerprint density at radius 3 is 2.71 bits per heavy atom. The number of hydrogen-bond acceptors (Lipinski definition) is 3. The molecule has 4 nitrogen and oxygen atoms in total.